The third kappa shape index (κ3) is 4.87. The lowest BCUT2D eigenvalue weighted by Gasteiger charge is -2.35. The molecule has 0 unspecified atom stereocenters. The highest BCUT2D eigenvalue weighted by molar-refractivity contribution is 6.22. The topological polar surface area (TPSA) is 53.1 Å². The average molecular weight is 373 g/mol. The molecule has 6 nitrogen and oxygen atoms in total. The Morgan fingerprint density at radius 3 is 2.37 bits per heavy atom. The van der Waals surface area contributed by atoms with Gasteiger partial charge < -0.3 is 9.64 Å². The Hall–Kier alpha value is -1.92. The van der Waals surface area contributed by atoms with Crippen molar-refractivity contribution in [2.24, 2.45) is 0 Å². The number of carbonyl (C=O) groups excluding carboxylic acids is 2. The van der Waals surface area contributed by atoms with E-state index in [1.54, 1.807) is 0 Å². The molecule has 0 radical (unpaired) electrons. The van der Waals surface area contributed by atoms with Gasteiger partial charge in [0.05, 0.1) is 24.8 Å². The van der Waals surface area contributed by atoms with Crippen LogP contribution in [0, 0.1) is 0 Å². The van der Waals surface area contributed by atoms with Crippen LogP contribution in [0.5, 0.6) is 5.75 Å². The molecule has 0 aromatic heterocycles. The van der Waals surface area contributed by atoms with Crippen molar-refractivity contribution in [2.45, 2.75) is 45.1 Å². The molecule has 1 aromatic rings. The van der Waals surface area contributed by atoms with Gasteiger partial charge in [0.25, 0.3) is 5.91 Å². The number of imide groups is 1. The molecule has 2 heterocycles. The molecule has 2 saturated heterocycles. The zero-order valence-corrected chi connectivity index (χ0v) is 16.5. The van der Waals surface area contributed by atoms with Gasteiger partial charge in [-0.15, -0.1) is 0 Å². The molecule has 2 fully saturated rings. The van der Waals surface area contributed by atoms with E-state index in [1.807, 2.05) is 24.3 Å². The predicted molar refractivity (Wildman–Crippen MR) is 106 cm³/mol. The van der Waals surface area contributed by atoms with Crippen LogP contribution in [0.1, 0.15) is 39.0 Å². The molecule has 2 aliphatic heterocycles. The molecule has 0 spiro atoms. The molecule has 2 aliphatic rings. The van der Waals surface area contributed by atoms with Crippen molar-refractivity contribution < 1.29 is 14.3 Å². The molecule has 0 saturated carbocycles. The van der Waals surface area contributed by atoms with Crippen molar-refractivity contribution in [3.63, 3.8) is 0 Å². The molecule has 0 N–H and O–H groups in total. The number of nitrogens with zero attached hydrogens (tertiary/aromatic N) is 3. The normalized spacial score (nSPS) is 21.9. The third-order valence-electron chi connectivity index (χ3n) is 5.46. The van der Waals surface area contributed by atoms with Crippen LogP contribution in [-0.4, -0.2) is 67.5 Å². The fourth-order valence-electron chi connectivity index (χ4n) is 3.72. The highest BCUT2D eigenvalue weighted by Gasteiger charge is 2.43. The van der Waals surface area contributed by atoms with Gasteiger partial charge in [0.2, 0.25) is 5.91 Å². The number of anilines is 1. The highest BCUT2D eigenvalue weighted by Crippen LogP contribution is 2.28. The summed E-state index contributed by atoms with van der Waals surface area (Å²) in [6.07, 6.45) is 4.94. The van der Waals surface area contributed by atoms with E-state index >= 15 is 0 Å². The molecule has 6 heteroatoms. The number of likely N-dealkylation sites (N-methyl/N-ethyl adjacent to an activating group) is 1. The van der Waals surface area contributed by atoms with E-state index in [0.717, 1.165) is 38.3 Å². The SMILES string of the molecule is CCCCCCOc1ccc(N2C(=O)C[C@H](N3CCN(C)CC3)C2=O)cc1. The van der Waals surface area contributed by atoms with E-state index in [9.17, 15) is 9.59 Å². The first kappa shape index (κ1) is 19.8. The number of benzene rings is 1. The van der Waals surface area contributed by atoms with Gasteiger partial charge in [-0.25, -0.2) is 4.90 Å². The van der Waals surface area contributed by atoms with Crippen LogP contribution in [0.3, 0.4) is 0 Å². The summed E-state index contributed by atoms with van der Waals surface area (Å²) in [6.45, 7) is 6.42. The maximum absolute atomic E-state index is 12.9. The molecule has 0 bridgehead atoms. The van der Waals surface area contributed by atoms with E-state index in [4.69, 9.17) is 4.74 Å². The van der Waals surface area contributed by atoms with Crippen LogP contribution >= 0.6 is 0 Å². The summed E-state index contributed by atoms with van der Waals surface area (Å²) < 4.78 is 5.75. The smallest absolute Gasteiger partial charge is 0.251 e. The molecule has 0 aliphatic carbocycles. The Labute approximate surface area is 162 Å². The summed E-state index contributed by atoms with van der Waals surface area (Å²) in [5.41, 5.74) is 0.639. The molecular formula is C21H31N3O3. The van der Waals surface area contributed by atoms with Crippen molar-refractivity contribution in [1.29, 1.82) is 0 Å². The minimum atomic E-state index is -0.319. The highest BCUT2D eigenvalue weighted by atomic mass is 16.5. The van der Waals surface area contributed by atoms with Crippen LogP contribution in [0.15, 0.2) is 24.3 Å². The average Bonchev–Trinajstić information content (AvgIpc) is 2.97. The monoisotopic (exact) mass is 373 g/mol. The van der Waals surface area contributed by atoms with Crippen LogP contribution in [0.25, 0.3) is 0 Å². The summed E-state index contributed by atoms with van der Waals surface area (Å²) >= 11 is 0. The zero-order chi connectivity index (χ0) is 19.2. The Morgan fingerprint density at radius 2 is 1.70 bits per heavy atom. The fourth-order valence-corrected chi connectivity index (χ4v) is 3.72. The molecular weight excluding hydrogens is 342 g/mol. The van der Waals surface area contributed by atoms with E-state index in [2.05, 4.69) is 23.8 Å². The second kappa shape index (κ2) is 9.33. The second-order valence-electron chi connectivity index (χ2n) is 7.53. The first-order valence-electron chi connectivity index (χ1n) is 10.1. The number of amides is 2. The minimum Gasteiger partial charge on any atom is -0.494 e. The van der Waals surface area contributed by atoms with Gasteiger partial charge in [0, 0.05) is 26.2 Å². The number of hydrogen-bond acceptors (Lipinski definition) is 5. The summed E-state index contributed by atoms with van der Waals surface area (Å²) in [5, 5.41) is 0. The van der Waals surface area contributed by atoms with Crippen molar-refractivity contribution in [1.82, 2.24) is 9.80 Å². The van der Waals surface area contributed by atoms with E-state index in [1.165, 1.54) is 24.2 Å². The molecule has 1 atom stereocenters. The maximum Gasteiger partial charge on any atom is 0.251 e. The largest absolute Gasteiger partial charge is 0.494 e. The summed E-state index contributed by atoms with van der Waals surface area (Å²) in [7, 11) is 2.08. The third-order valence-corrected chi connectivity index (χ3v) is 5.46. The number of hydrogen-bond donors (Lipinski definition) is 0. The summed E-state index contributed by atoms with van der Waals surface area (Å²) in [4.78, 5) is 31.1. The molecule has 2 amide bonds. The molecule has 27 heavy (non-hydrogen) atoms. The first-order chi connectivity index (χ1) is 13.1. The van der Waals surface area contributed by atoms with Gasteiger partial charge in [0.15, 0.2) is 0 Å². The lowest BCUT2D eigenvalue weighted by Crippen LogP contribution is -2.51. The van der Waals surface area contributed by atoms with Gasteiger partial charge >= 0.3 is 0 Å². The lowest BCUT2D eigenvalue weighted by molar-refractivity contribution is -0.123. The number of unbranched alkanes of at least 4 members (excludes halogenated alkanes) is 3. The molecule has 3 rings (SSSR count). The van der Waals surface area contributed by atoms with Crippen molar-refractivity contribution in [2.75, 3.05) is 44.7 Å². The van der Waals surface area contributed by atoms with E-state index in [0.29, 0.717) is 12.3 Å². The van der Waals surface area contributed by atoms with Crippen LogP contribution < -0.4 is 9.64 Å². The predicted octanol–water partition coefficient (Wildman–Crippen LogP) is 2.53. The van der Waals surface area contributed by atoms with Gasteiger partial charge in [-0.2, -0.15) is 0 Å². The van der Waals surface area contributed by atoms with Crippen molar-refractivity contribution in [3.05, 3.63) is 24.3 Å². The number of rotatable bonds is 8. The summed E-state index contributed by atoms with van der Waals surface area (Å²) in [5.74, 6) is 0.569. The number of piperazine rings is 1. The van der Waals surface area contributed by atoms with E-state index in [-0.39, 0.29) is 24.3 Å². The first-order valence-corrected chi connectivity index (χ1v) is 10.1. The standard InChI is InChI=1S/C21H31N3O3/c1-3-4-5-6-15-27-18-9-7-17(8-10-18)24-20(25)16-19(21(24)26)23-13-11-22(2)12-14-23/h7-10,19H,3-6,11-16H2,1-2H3/t19-/m0/s1. The van der Waals surface area contributed by atoms with Crippen LogP contribution in [0.4, 0.5) is 5.69 Å². The van der Waals surface area contributed by atoms with Gasteiger partial charge in [-0.05, 0) is 37.7 Å². The Morgan fingerprint density at radius 1 is 1.00 bits per heavy atom. The fraction of sp³-hybridized carbons (Fsp3) is 0.619. The Kier molecular flexibility index (Phi) is 6.85. The number of ether oxygens (including phenoxy) is 1. The zero-order valence-electron chi connectivity index (χ0n) is 16.5. The molecule has 148 valence electrons. The lowest BCUT2D eigenvalue weighted by atomic mass is 10.2. The number of carbonyl (C=O) groups is 2. The van der Waals surface area contributed by atoms with Crippen LogP contribution in [0.2, 0.25) is 0 Å². The maximum atomic E-state index is 12.9. The molecule has 1 aromatic carbocycles. The Bertz CT molecular complexity index is 639. The Balaban J connectivity index is 1.57. The van der Waals surface area contributed by atoms with Crippen molar-refractivity contribution >= 4 is 17.5 Å². The quantitative estimate of drug-likeness (QED) is 0.518. The van der Waals surface area contributed by atoms with E-state index < -0.39 is 0 Å². The van der Waals surface area contributed by atoms with Gasteiger partial charge in [0.1, 0.15) is 5.75 Å². The van der Waals surface area contributed by atoms with Crippen LogP contribution in [-0.2, 0) is 9.59 Å². The van der Waals surface area contributed by atoms with Crippen molar-refractivity contribution in [3.8, 4) is 5.75 Å². The summed E-state index contributed by atoms with van der Waals surface area (Å²) in [6, 6.07) is 6.99. The minimum absolute atomic E-state index is 0.0993. The van der Waals surface area contributed by atoms with Gasteiger partial charge in [-0.3, -0.25) is 14.5 Å². The second-order valence-corrected chi connectivity index (χ2v) is 7.53. The van der Waals surface area contributed by atoms with Gasteiger partial charge in [-0.1, -0.05) is 26.2 Å².